The number of carbonyl (C=O) groups excluding carboxylic acids is 2. The lowest BCUT2D eigenvalue weighted by molar-refractivity contribution is -0.295. The summed E-state index contributed by atoms with van der Waals surface area (Å²) in [6.07, 6.45) is 5.86. The molecule has 1 aliphatic heterocycles. The summed E-state index contributed by atoms with van der Waals surface area (Å²) in [7, 11) is -3.60. The largest absolute Gasteiger partial charge is 0.481 e. The number of hydrogen-bond acceptors (Lipinski definition) is 21. The molecule has 2 aliphatic carbocycles. The maximum atomic E-state index is 14.1. The van der Waals surface area contributed by atoms with Crippen LogP contribution in [0.4, 0.5) is 8.78 Å². The summed E-state index contributed by atoms with van der Waals surface area (Å²) >= 11 is 0. The van der Waals surface area contributed by atoms with Crippen LogP contribution in [0.3, 0.4) is 0 Å². The van der Waals surface area contributed by atoms with E-state index < -0.39 is 84.0 Å². The van der Waals surface area contributed by atoms with E-state index in [1.807, 2.05) is 83.9 Å². The van der Waals surface area contributed by atoms with Crippen molar-refractivity contribution in [1.29, 1.82) is 0 Å². The van der Waals surface area contributed by atoms with Crippen molar-refractivity contribution in [2.24, 2.45) is 0 Å². The Labute approximate surface area is 668 Å². The van der Waals surface area contributed by atoms with Gasteiger partial charge in [0.25, 0.3) is 5.16 Å². The Kier molecular flexibility index (Phi) is 30.3. The average Bonchev–Trinajstić information content (AvgIpc) is 1.36. The van der Waals surface area contributed by atoms with E-state index in [0.717, 1.165) is 99.8 Å². The maximum absolute atomic E-state index is 14.1. The zero-order valence-corrected chi connectivity index (χ0v) is 69.4. The maximum Gasteiger partial charge on any atom is 0.308 e. The fraction of sp³-hybridized carbons (Fsp3) is 0.452. The first-order chi connectivity index (χ1) is 53.7. The zero-order valence-electron chi connectivity index (χ0n) is 67.0. The van der Waals surface area contributed by atoms with Gasteiger partial charge in [-0.15, -0.1) is 0 Å². The van der Waals surface area contributed by atoms with E-state index in [9.17, 15) is 58.6 Å². The third-order valence-corrected chi connectivity index (χ3v) is 23.7. The molecular formula is C84H106F2N10O15S3. The lowest BCUT2D eigenvalue weighted by Gasteiger charge is -2.40. The molecule has 1 saturated heterocycles. The van der Waals surface area contributed by atoms with E-state index >= 15 is 0 Å². The summed E-state index contributed by atoms with van der Waals surface area (Å²) in [6, 6.07) is 31.5. The Morgan fingerprint density at radius 2 is 1.17 bits per heavy atom. The minimum atomic E-state index is -3.90. The van der Waals surface area contributed by atoms with Crippen molar-refractivity contribution in [3.8, 4) is 50.5 Å². The third kappa shape index (κ3) is 23.9. The number of fused-ring (bicyclic) bond motifs is 6. The summed E-state index contributed by atoms with van der Waals surface area (Å²) in [6.45, 7) is 18.9. The predicted molar refractivity (Wildman–Crippen MR) is 432 cm³/mol. The van der Waals surface area contributed by atoms with Crippen LogP contribution in [0.1, 0.15) is 175 Å². The summed E-state index contributed by atoms with van der Waals surface area (Å²) in [4.78, 5) is 50.1. The fourth-order valence-electron chi connectivity index (χ4n) is 14.2. The van der Waals surface area contributed by atoms with E-state index in [1.54, 1.807) is 113 Å². The molecule has 4 atom stereocenters. The van der Waals surface area contributed by atoms with Crippen molar-refractivity contribution in [3.63, 3.8) is 0 Å². The molecular weight excluding hydrogens is 1520 g/mol. The fourth-order valence-corrected chi connectivity index (χ4v) is 17.8. The number of esters is 1. The molecule has 5 aromatic carbocycles. The molecule has 0 radical (unpaired) electrons. The highest BCUT2D eigenvalue weighted by molar-refractivity contribution is 7.91. The number of aliphatic hydroxyl groups excluding tert-OH is 2. The smallest absolute Gasteiger partial charge is 0.308 e. The number of rotatable bonds is 29. The van der Waals surface area contributed by atoms with Gasteiger partial charge in [0.05, 0.1) is 81.3 Å². The van der Waals surface area contributed by atoms with Gasteiger partial charge in [0, 0.05) is 48.2 Å². The van der Waals surface area contributed by atoms with Gasteiger partial charge in [0.2, 0.25) is 29.9 Å². The third-order valence-electron chi connectivity index (χ3n) is 19.2. The van der Waals surface area contributed by atoms with Crippen LogP contribution in [-0.4, -0.2) is 195 Å². The number of aliphatic carboxylic acids is 1. The Balaban J connectivity index is 0.000000200. The molecule has 614 valence electrons. The number of hydrogen-bond donors (Lipinski definition) is 5. The van der Waals surface area contributed by atoms with Crippen LogP contribution in [-0.2, 0) is 79.4 Å². The van der Waals surface area contributed by atoms with Gasteiger partial charge in [0.15, 0.2) is 12.1 Å². The van der Waals surface area contributed by atoms with Gasteiger partial charge in [-0.05, 0) is 255 Å². The van der Waals surface area contributed by atoms with Crippen LogP contribution in [0.5, 0.6) is 0 Å². The SMILES string of the molecule is CC(C)(C)OC(=O)C[C@H]1C[C@@H](CS(=O)(=O)c2nnnn2-c2ccccc2)OC(C)(C)O1.CC(C)c1nc2c(c(-c3ccc(F)cc3)c1/C=C/[C@@H](O)C[C@@H](O)CC(=O)O)CCCc1ccc(S(=O)(=O)NCCCN(C)C)cc1-2.CC(C)c1nc2c(c(-c3ccc(F)cc3)c1C=O)CCCc1ccc(S(=O)(=O)NCCCN(C)C)cc1-2. The second-order valence-electron chi connectivity index (χ2n) is 31.4. The Morgan fingerprint density at radius 3 is 1.63 bits per heavy atom. The van der Waals surface area contributed by atoms with Gasteiger partial charge < -0.3 is 39.3 Å². The first-order valence-electron chi connectivity index (χ1n) is 38.3. The van der Waals surface area contributed by atoms with Crippen LogP contribution in [0.2, 0.25) is 0 Å². The second kappa shape index (κ2) is 38.8. The molecule has 11 rings (SSSR count). The topological polar surface area (TPSA) is 342 Å². The van der Waals surface area contributed by atoms with Crippen LogP contribution >= 0.6 is 0 Å². The number of aryl methyl sites for hydroxylation is 2. The Hall–Kier alpha value is -8.79. The summed E-state index contributed by atoms with van der Waals surface area (Å²) in [5.74, 6) is -3.84. The van der Waals surface area contributed by atoms with Crippen molar-refractivity contribution in [2.45, 2.75) is 202 Å². The van der Waals surface area contributed by atoms with E-state index in [2.05, 4.69) is 25.0 Å². The average molecular weight is 1630 g/mol. The Bertz CT molecular complexity index is 5080. The molecule has 0 spiro atoms. The monoisotopic (exact) mass is 1630 g/mol. The molecule has 8 aromatic rings. The number of sulfonamides is 2. The highest BCUT2D eigenvalue weighted by Gasteiger charge is 2.41. The number of aromatic nitrogens is 6. The number of nitrogens with one attached hydrogen (secondary N) is 2. The van der Waals surface area contributed by atoms with Gasteiger partial charge >= 0.3 is 11.9 Å². The molecule has 5 N–H and O–H groups in total. The number of pyridine rings is 2. The summed E-state index contributed by atoms with van der Waals surface area (Å²) < 4.78 is 131. The van der Waals surface area contributed by atoms with Crippen molar-refractivity contribution in [3.05, 3.63) is 178 Å². The van der Waals surface area contributed by atoms with Crippen molar-refractivity contribution >= 4 is 54.2 Å². The van der Waals surface area contributed by atoms with Crippen molar-refractivity contribution < 1.29 is 77.9 Å². The standard InChI is InChI=1S/C35H44FN3O6S.C29H34FN3O3S.C20H28N4O6S/c1-22(2)34-30(16-14-26(40)19-27(41)20-32(42)43)33(24-9-12-25(36)13-10-24)29-8-5-7-23-11-15-28(21-31(23)35(29)38-34)46(44,45)37-17-6-18-39(3)4;1-19(2)28-26(18-34)27(21-9-12-22(30)13-10-21)24-8-5-7-20-11-14-23(17-25(20)29(24)32-28)37(35,36)31-15-6-16-33(3)4;1-19(2,3)30-17(25)12-15-11-16(29-20(4,5)28-15)13-31(26,27)18-21-22-23-24(18)14-9-7-6-8-10-14/h9-16,21-22,26-27,37,40-41H,5-8,17-20H2,1-4H3,(H,42,43);9-14,17-19,31H,5-8,15-16H2,1-4H3;6-10,15-16H,11-13H2,1-5H3/b16-14+;;/t26-,27-;;15-,16+/m1.1/s1. The summed E-state index contributed by atoms with van der Waals surface area (Å²) in [5, 5.41) is 40.5. The molecule has 0 saturated carbocycles. The van der Waals surface area contributed by atoms with Gasteiger partial charge in [-0.1, -0.05) is 99.5 Å². The van der Waals surface area contributed by atoms with Crippen molar-refractivity contribution in [1.82, 2.24) is 49.4 Å². The molecule has 25 nitrogen and oxygen atoms in total. The van der Waals surface area contributed by atoms with Crippen LogP contribution in [0, 0.1) is 11.6 Å². The number of carboxylic acids is 1. The van der Waals surface area contributed by atoms with Crippen LogP contribution < -0.4 is 9.44 Å². The predicted octanol–water partition coefficient (Wildman–Crippen LogP) is 12.3. The van der Waals surface area contributed by atoms with E-state index in [1.165, 1.54) is 35.0 Å². The minimum absolute atomic E-state index is 0.00234. The van der Waals surface area contributed by atoms with E-state index in [4.69, 9.17) is 29.3 Å². The van der Waals surface area contributed by atoms with Crippen LogP contribution in [0.25, 0.3) is 56.5 Å². The summed E-state index contributed by atoms with van der Waals surface area (Å²) in [5.41, 5.74) is 12.2. The first-order valence-corrected chi connectivity index (χ1v) is 42.9. The quantitative estimate of drug-likeness (QED) is 0.0165. The van der Waals surface area contributed by atoms with Crippen molar-refractivity contribution in [2.75, 3.05) is 60.1 Å². The Morgan fingerprint density at radius 1 is 0.684 bits per heavy atom. The normalized spacial score (nSPS) is 16.1. The number of benzene rings is 5. The molecule has 1 fully saturated rings. The molecule has 3 aromatic heterocycles. The van der Waals surface area contributed by atoms with Gasteiger partial charge in [-0.2, -0.15) is 4.68 Å². The lowest BCUT2D eigenvalue weighted by atomic mass is 9.86. The van der Waals surface area contributed by atoms with Gasteiger partial charge in [-0.3, -0.25) is 24.4 Å². The highest BCUT2D eigenvalue weighted by atomic mass is 32.2. The number of halogens is 2. The number of tetrazole rings is 1. The minimum Gasteiger partial charge on any atom is -0.481 e. The number of sulfone groups is 1. The number of nitrogens with zero attached hydrogens (tertiary/aromatic N) is 8. The number of para-hydroxylation sites is 1. The van der Waals surface area contributed by atoms with Gasteiger partial charge in [0.1, 0.15) is 17.2 Å². The molecule has 30 heteroatoms. The van der Waals surface area contributed by atoms with Crippen LogP contribution in [0.15, 0.2) is 136 Å². The van der Waals surface area contributed by atoms with E-state index in [-0.39, 0.29) is 63.4 Å². The molecule has 4 heterocycles. The van der Waals surface area contributed by atoms with E-state index in [0.29, 0.717) is 79.2 Å². The molecule has 0 amide bonds. The number of aldehydes is 1. The number of carbonyl (C=O) groups is 3. The second-order valence-corrected chi connectivity index (χ2v) is 36.9. The molecule has 0 bridgehead atoms. The number of ether oxygens (including phenoxy) is 3. The van der Waals surface area contributed by atoms with Gasteiger partial charge in [-0.25, -0.2) is 43.5 Å². The first kappa shape index (κ1) is 89.1. The highest BCUT2D eigenvalue weighted by Crippen LogP contribution is 2.45. The molecule has 0 unspecified atom stereocenters. The zero-order chi connectivity index (χ0) is 83.2. The number of carboxylic acid groups (broad SMARTS) is 1. The molecule has 114 heavy (non-hydrogen) atoms. The lowest BCUT2D eigenvalue weighted by Crippen LogP contribution is -2.47. The number of aliphatic hydroxyl groups is 2. The molecule has 3 aliphatic rings.